The van der Waals surface area contributed by atoms with Gasteiger partial charge in [0.15, 0.2) is 0 Å². The molecule has 0 aliphatic rings. The minimum atomic E-state index is -4.69. The second-order valence-corrected chi connectivity index (χ2v) is 6.25. The van der Waals surface area contributed by atoms with Gasteiger partial charge in [0.05, 0.1) is 10.5 Å². The lowest BCUT2D eigenvalue weighted by atomic mass is 10.2. The summed E-state index contributed by atoms with van der Waals surface area (Å²) in [5.41, 5.74) is -1.15. The van der Waals surface area contributed by atoms with Crippen molar-refractivity contribution >= 4 is 32.6 Å². The van der Waals surface area contributed by atoms with Gasteiger partial charge in [-0.05, 0) is 18.6 Å². The number of hydrogen-bond acceptors (Lipinski definition) is 2. The number of benzene rings is 1. The van der Waals surface area contributed by atoms with Gasteiger partial charge >= 0.3 is 6.18 Å². The number of alkyl halides is 4. The molecule has 0 atom stereocenters. The van der Waals surface area contributed by atoms with Crippen molar-refractivity contribution in [3.63, 3.8) is 0 Å². The summed E-state index contributed by atoms with van der Waals surface area (Å²) in [6, 6.07) is 4.14. The molecule has 1 N–H and O–H groups in total. The number of rotatable bonds is 5. The van der Waals surface area contributed by atoms with Crippen molar-refractivity contribution in [2.24, 2.45) is 0 Å². The number of halogens is 4. The summed E-state index contributed by atoms with van der Waals surface area (Å²) in [6.45, 7) is 0.122. The average Bonchev–Trinajstić information content (AvgIpc) is 2.28. The SMILES string of the molecule is O=S(=O)(NCCCI)c1ccccc1C(F)(F)F. The average molecular weight is 393 g/mol. The van der Waals surface area contributed by atoms with E-state index in [1.54, 1.807) is 0 Å². The molecule has 0 bridgehead atoms. The molecule has 1 rings (SSSR count). The number of sulfonamides is 1. The summed E-state index contributed by atoms with van der Waals surface area (Å²) in [7, 11) is -4.12. The first-order valence-corrected chi connectivity index (χ1v) is 8.02. The van der Waals surface area contributed by atoms with E-state index in [0.29, 0.717) is 6.42 Å². The van der Waals surface area contributed by atoms with Crippen molar-refractivity contribution < 1.29 is 21.6 Å². The van der Waals surface area contributed by atoms with E-state index >= 15 is 0 Å². The Morgan fingerprint density at radius 1 is 1.22 bits per heavy atom. The van der Waals surface area contributed by atoms with Crippen LogP contribution in [-0.4, -0.2) is 19.4 Å². The van der Waals surface area contributed by atoms with Crippen LogP contribution in [0.1, 0.15) is 12.0 Å². The molecule has 1 aromatic carbocycles. The predicted molar refractivity (Wildman–Crippen MR) is 70.1 cm³/mol. The standard InChI is InChI=1S/C10H11F3INO2S/c11-10(12,13)8-4-1-2-5-9(8)18(16,17)15-7-3-6-14/h1-2,4-5,15H,3,6-7H2. The Kier molecular flexibility index (Phi) is 5.41. The molecule has 0 aliphatic carbocycles. The van der Waals surface area contributed by atoms with Gasteiger partial charge < -0.3 is 0 Å². The van der Waals surface area contributed by atoms with Crippen LogP contribution in [0.3, 0.4) is 0 Å². The van der Waals surface area contributed by atoms with Crippen LogP contribution in [0.25, 0.3) is 0 Å². The molecular weight excluding hydrogens is 382 g/mol. The first-order chi connectivity index (χ1) is 8.29. The fraction of sp³-hybridized carbons (Fsp3) is 0.400. The van der Waals surface area contributed by atoms with Crippen molar-refractivity contribution in [3.8, 4) is 0 Å². The quantitative estimate of drug-likeness (QED) is 0.475. The van der Waals surface area contributed by atoms with Crippen LogP contribution < -0.4 is 4.72 Å². The maximum absolute atomic E-state index is 12.7. The lowest BCUT2D eigenvalue weighted by Gasteiger charge is -2.13. The monoisotopic (exact) mass is 393 g/mol. The van der Waals surface area contributed by atoms with E-state index in [2.05, 4.69) is 27.3 Å². The molecule has 102 valence electrons. The molecule has 0 heterocycles. The summed E-state index contributed by atoms with van der Waals surface area (Å²) in [6.07, 6.45) is -4.12. The lowest BCUT2D eigenvalue weighted by molar-refractivity contribution is -0.139. The van der Waals surface area contributed by atoms with Crippen molar-refractivity contribution in [2.75, 3.05) is 11.0 Å². The first kappa shape index (κ1) is 15.7. The van der Waals surface area contributed by atoms with Gasteiger partial charge in [0.2, 0.25) is 10.0 Å². The molecule has 0 fully saturated rings. The fourth-order valence-corrected chi connectivity index (χ4v) is 2.97. The molecule has 0 unspecified atom stereocenters. The van der Waals surface area contributed by atoms with Gasteiger partial charge in [-0.15, -0.1) is 0 Å². The van der Waals surface area contributed by atoms with Crippen molar-refractivity contribution in [1.82, 2.24) is 4.72 Å². The third kappa shape index (κ3) is 4.09. The minimum Gasteiger partial charge on any atom is -0.211 e. The first-order valence-electron chi connectivity index (χ1n) is 5.01. The second-order valence-electron chi connectivity index (χ2n) is 3.43. The van der Waals surface area contributed by atoms with Gasteiger partial charge in [0.25, 0.3) is 0 Å². The molecule has 0 amide bonds. The highest BCUT2D eigenvalue weighted by Crippen LogP contribution is 2.33. The Morgan fingerprint density at radius 3 is 2.39 bits per heavy atom. The van der Waals surface area contributed by atoms with E-state index < -0.39 is 26.7 Å². The van der Waals surface area contributed by atoms with Crippen molar-refractivity contribution in [2.45, 2.75) is 17.5 Å². The maximum Gasteiger partial charge on any atom is 0.417 e. The molecular formula is C10H11F3INO2S. The van der Waals surface area contributed by atoms with Crippen LogP contribution in [0.2, 0.25) is 0 Å². The summed E-state index contributed by atoms with van der Waals surface area (Å²) >= 11 is 2.06. The van der Waals surface area contributed by atoms with Gasteiger partial charge in [-0.2, -0.15) is 13.2 Å². The highest BCUT2D eigenvalue weighted by atomic mass is 127. The Labute approximate surface area is 117 Å². The molecule has 0 aromatic heterocycles. The second kappa shape index (κ2) is 6.20. The summed E-state index contributed by atoms with van der Waals surface area (Å²) in [5, 5.41) is 0. The largest absolute Gasteiger partial charge is 0.417 e. The highest BCUT2D eigenvalue weighted by Gasteiger charge is 2.36. The zero-order chi connectivity index (χ0) is 13.8. The van der Waals surface area contributed by atoms with Gasteiger partial charge in [-0.1, -0.05) is 34.7 Å². The summed E-state index contributed by atoms with van der Waals surface area (Å²) in [5.74, 6) is 0. The Bertz CT molecular complexity index is 502. The molecule has 0 saturated heterocycles. The highest BCUT2D eigenvalue weighted by molar-refractivity contribution is 14.1. The molecule has 0 spiro atoms. The molecule has 0 saturated carbocycles. The van der Waals surface area contributed by atoms with E-state index in [1.807, 2.05) is 0 Å². The number of hydrogen-bond donors (Lipinski definition) is 1. The zero-order valence-corrected chi connectivity index (χ0v) is 12.1. The third-order valence-electron chi connectivity index (χ3n) is 2.08. The summed E-state index contributed by atoms with van der Waals surface area (Å²) in [4.78, 5) is -0.731. The van der Waals surface area contributed by atoms with Crippen molar-refractivity contribution in [3.05, 3.63) is 29.8 Å². The molecule has 18 heavy (non-hydrogen) atoms. The predicted octanol–water partition coefficient (Wildman–Crippen LogP) is 2.81. The lowest BCUT2D eigenvalue weighted by Crippen LogP contribution is -2.27. The van der Waals surface area contributed by atoms with E-state index in [-0.39, 0.29) is 6.54 Å². The normalized spacial score (nSPS) is 12.7. The topological polar surface area (TPSA) is 46.2 Å². The molecule has 3 nitrogen and oxygen atoms in total. The van der Waals surface area contributed by atoms with E-state index in [9.17, 15) is 21.6 Å². The van der Waals surface area contributed by atoms with Gasteiger partial charge in [-0.25, -0.2) is 13.1 Å². The molecule has 0 radical (unpaired) electrons. The fourth-order valence-electron chi connectivity index (χ4n) is 1.29. The smallest absolute Gasteiger partial charge is 0.211 e. The van der Waals surface area contributed by atoms with E-state index in [1.165, 1.54) is 6.07 Å². The van der Waals surface area contributed by atoms with Crippen LogP contribution in [-0.2, 0) is 16.2 Å². The maximum atomic E-state index is 12.7. The van der Waals surface area contributed by atoms with Crippen LogP contribution >= 0.6 is 22.6 Å². The molecule has 0 aliphatic heterocycles. The Morgan fingerprint density at radius 2 is 1.83 bits per heavy atom. The number of nitrogens with one attached hydrogen (secondary N) is 1. The van der Waals surface area contributed by atoms with E-state index in [0.717, 1.165) is 22.6 Å². The van der Waals surface area contributed by atoms with Gasteiger partial charge in [-0.3, -0.25) is 0 Å². The third-order valence-corrected chi connectivity index (χ3v) is 4.37. The minimum absolute atomic E-state index is 0.122. The van der Waals surface area contributed by atoms with Gasteiger partial charge in [0.1, 0.15) is 0 Å². The zero-order valence-electron chi connectivity index (χ0n) is 9.17. The Balaban J connectivity index is 3.09. The molecule has 8 heteroatoms. The van der Waals surface area contributed by atoms with E-state index in [4.69, 9.17) is 0 Å². The van der Waals surface area contributed by atoms with Crippen LogP contribution in [0.5, 0.6) is 0 Å². The van der Waals surface area contributed by atoms with Crippen LogP contribution in [0.15, 0.2) is 29.2 Å². The Hall–Kier alpha value is -0.350. The molecule has 1 aromatic rings. The van der Waals surface area contributed by atoms with Gasteiger partial charge in [0, 0.05) is 11.0 Å². The van der Waals surface area contributed by atoms with Crippen LogP contribution in [0, 0.1) is 0 Å². The van der Waals surface area contributed by atoms with Crippen molar-refractivity contribution in [1.29, 1.82) is 0 Å². The van der Waals surface area contributed by atoms with Crippen LogP contribution in [0.4, 0.5) is 13.2 Å². The summed E-state index contributed by atoms with van der Waals surface area (Å²) < 4.78 is 64.4.